The molecule has 218 valence electrons. The molecule has 3 amide bonds. The molecule has 1 fully saturated rings. The summed E-state index contributed by atoms with van der Waals surface area (Å²) in [5.41, 5.74) is 1.41. The predicted molar refractivity (Wildman–Crippen MR) is 162 cm³/mol. The maximum Gasteiger partial charge on any atom is 0.325 e. The van der Waals surface area contributed by atoms with Gasteiger partial charge in [0, 0.05) is 42.6 Å². The monoisotopic (exact) mass is 568 g/mol. The molecule has 0 saturated carbocycles. The molecule has 42 heavy (non-hydrogen) atoms. The van der Waals surface area contributed by atoms with E-state index in [2.05, 4.69) is 30.0 Å². The van der Waals surface area contributed by atoms with Crippen molar-refractivity contribution in [2.75, 3.05) is 27.3 Å². The minimum Gasteiger partial charge on any atom is -0.497 e. The zero-order chi connectivity index (χ0) is 30.4. The quantitative estimate of drug-likeness (QED) is 0.173. The molecule has 2 unspecified atom stereocenters. The third-order valence-electron chi connectivity index (χ3n) is 7.63. The highest BCUT2D eigenvalue weighted by molar-refractivity contribution is 6.09. The second-order valence-electron chi connectivity index (χ2n) is 10.2. The molecule has 9 nitrogen and oxygen atoms in total. The molecular weight excluding hydrogens is 532 g/mol. The highest BCUT2D eigenvalue weighted by atomic mass is 16.5. The highest BCUT2D eigenvalue weighted by Crippen LogP contribution is 2.38. The summed E-state index contributed by atoms with van der Waals surface area (Å²) in [5, 5.41) is 2.95. The van der Waals surface area contributed by atoms with E-state index in [0.29, 0.717) is 34.9 Å². The van der Waals surface area contributed by atoms with E-state index in [1.165, 1.54) is 4.90 Å². The predicted octanol–water partition coefficient (Wildman–Crippen LogP) is 4.68. The molecule has 2 atom stereocenters. The number of hydrogen-bond donors (Lipinski definition) is 1. The summed E-state index contributed by atoms with van der Waals surface area (Å²) in [7, 11) is 3.18. The van der Waals surface area contributed by atoms with Crippen molar-refractivity contribution in [2.24, 2.45) is 10.9 Å². The number of allylic oxidation sites excluding steroid dienone is 2. The molecule has 2 aromatic carbocycles. The standard InChI is InChI=1S/C33H36N4O5/c1-7-22(2)30(15-16-34-5)42-21-23(3)33(31(39)37(32(40)35-33)18-25-11-9-8-10-12-25)24(4)36-19-26-13-14-27(41-6)17-28(26)29(38)20-36/h7-17,23H,1-2,4,18-21H2,3,5-6H3,(H,35,40). The number of ether oxygens (including phenoxy) is 2. The molecule has 0 aromatic heterocycles. The fraction of sp³-hybridized carbons (Fsp3) is 0.273. The average Bonchev–Trinajstić information content (AvgIpc) is 3.26. The number of aliphatic imine (C=N–C) groups is 1. The van der Waals surface area contributed by atoms with Gasteiger partial charge in [0.1, 0.15) is 11.5 Å². The summed E-state index contributed by atoms with van der Waals surface area (Å²) in [5.74, 6) is -0.191. The van der Waals surface area contributed by atoms with Crippen molar-refractivity contribution in [1.29, 1.82) is 0 Å². The SMILES string of the molecule is C=CC(=C)C(=CC=NC)OCC(C)C1(C(=C)N2CC(=O)c3cc(OC)ccc3C2)NC(=O)N(Cc2ccccc2)C1=O. The number of methoxy groups -OCH3 is 1. The number of fused-ring (bicyclic) bond motifs is 1. The van der Waals surface area contributed by atoms with Gasteiger partial charge in [-0.3, -0.25) is 19.5 Å². The molecule has 2 heterocycles. The Kier molecular flexibility index (Phi) is 9.10. The Labute approximate surface area is 246 Å². The third-order valence-corrected chi connectivity index (χ3v) is 7.63. The Hall–Kier alpha value is -4.92. The number of imide groups is 1. The number of carbonyl (C=O) groups is 3. The van der Waals surface area contributed by atoms with E-state index in [0.717, 1.165) is 11.1 Å². The maximum atomic E-state index is 14.3. The van der Waals surface area contributed by atoms with Crippen LogP contribution < -0.4 is 10.1 Å². The molecular formula is C33H36N4O5. The average molecular weight is 569 g/mol. The Balaban J connectivity index is 1.70. The number of benzene rings is 2. The van der Waals surface area contributed by atoms with E-state index in [1.54, 1.807) is 49.6 Å². The molecule has 4 rings (SSSR count). The van der Waals surface area contributed by atoms with Gasteiger partial charge in [-0.05, 0) is 29.3 Å². The first-order valence-corrected chi connectivity index (χ1v) is 13.6. The van der Waals surface area contributed by atoms with Crippen LogP contribution in [0.3, 0.4) is 0 Å². The molecule has 9 heteroatoms. The van der Waals surface area contributed by atoms with Crippen molar-refractivity contribution < 1.29 is 23.9 Å². The number of Topliss-reactive ketones (excluding diaryl/α,β-unsaturated/α-hetero) is 1. The van der Waals surface area contributed by atoms with Gasteiger partial charge in [0.05, 0.1) is 26.8 Å². The Morgan fingerprint density at radius 2 is 1.88 bits per heavy atom. The van der Waals surface area contributed by atoms with Crippen molar-refractivity contribution >= 4 is 23.9 Å². The molecule has 2 aliphatic heterocycles. The fourth-order valence-electron chi connectivity index (χ4n) is 5.19. The normalized spacial score (nSPS) is 19.4. The van der Waals surface area contributed by atoms with Gasteiger partial charge in [0.25, 0.3) is 5.91 Å². The maximum absolute atomic E-state index is 14.3. The van der Waals surface area contributed by atoms with Crippen molar-refractivity contribution in [3.8, 4) is 5.75 Å². The molecule has 2 aliphatic rings. The van der Waals surface area contributed by atoms with Gasteiger partial charge in [-0.15, -0.1) is 0 Å². The Morgan fingerprint density at radius 3 is 2.55 bits per heavy atom. The number of carbonyl (C=O) groups excluding carboxylic acids is 3. The number of ketones is 1. The summed E-state index contributed by atoms with van der Waals surface area (Å²) in [6.07, 6.45) is 4.79. The van der Waals surface area contributed by atoms with E-state index >= 15 is 0 Å². The summed E-state index contributed by atoms with van der Waals surface area (Å²) in [6, 6.07) is 14.1. The lowest BCUT2D eigenvalue weighted by Gasteiger charge is -2.42. The van der Waals surface area contributed by atoms with Crippen LogP contribution in [0.25, 0.3) is 0 Å². The lowest BCUT2D eigenvalue weighted by atomic mass is 9.81. The molecule has 0 spiro atoms. The second-order valence-corrected chi connectivity index (χ2v) is 10.2. The summed E-state index contributed by atoms with van der Waals surface area (Å²) >= 11 is 0. The molecule has 1 saturated heterocycles. The number of rotatable bonds is 12. The third kappa shape index (κ3) is 5.76. The summed E-state index contributed by atoms with van der Waals surface area (Å²) < 4.78 is 11.4. The minimum atomic E-state index is -1.57. The minimum absolute atomic E-state index is 0.0124. The first kappa shape index (κ1) is 30.0. The van der Waals surface area contributed by atoms with Crippen molar-refractivity contribution in [2.45, 2.75) is 25.6 Å². The van der Waals surface area contributed by atoms with Crippen molar-refractivity contribution in [1.82, 2.24) is 15.1 Å². The lowest BCUT2D eigenvalue weighted by Crippen LogP contribution is -2.59. The fourth-order valence-corrected chi connectivity index (χ4v) is 5.19. The second kappa shape index (κ2) is 12.7. The topological polar surface area (TPSA) is 101 Å². The highest BCUT2D eigenvalue weighted by Gasteiger charge is 2.58. The Morgan fingerprint density at radius 1 is 1.14 bits per heavy atom. The van der Waals surface area contributed by atoms with Gasteiger partial charge in [-0.2, -0.15) is 0 Å². The van der Waals surface area contributed by atoms with Crippen LogP contribution in [-0.4, -0.2) is 66.6 Å². The zero-order valence-corrected chi connectivity index (χ0v) is 24.3. The van der Waals surface area contributed by atoms with Gasteiger partial charge in [0.15, 0.2) is 11.3 Å². The molecule has 0 bridgehead atoms. The van der Waals surface area contributed by atoms with Crippen LogP contribution in [-0.2, 0) is 22.6 Å². The van der Waals surface area contributed by atoms with E-state index in [1.807, 2.05) is 43.3 Å². The number of urea groups is 1. The molecule has 1 N–H and O–H groups in total. The van der Waals surface area contributed by atoms with Crippen LogP contribution in [0.1, 0.15) is 28.4 Å². The Bertz CT molecular complexity index is 1480. The van der Waals surface area contributed by atoms with Crippen LogP contribution >= 0.6 is 0 Å². The van der Waals surface area contributed by atoms with E-state index < -0.39 is 23.4 Å². The van der Waals surface area contributed by atoms with Gasteiger partial charge in [-0.1, -0.05) is 69.1 Å². The largest absolute Gasteiger partial charge is 0.497 e. The van der Waals surface area contributed by atoms with Gasteiger partial charge in [0.2, 0.25) is 0 Å². The zero-order valence-electron chi connectivity index (χ0n) is 24.3. The van der Waals surface area contributed by atoms with Gasteiger partial charge >= 0.3 is 6.03 Å². The first-order chi connectivity index (χ1) is 20.2. The molecule has 0 aliphatic carbocycles. The van der Waals surface area contributed by atoms with Crippen LogP contribution in [0.5, 0.6) is 5.75 Å². The van der Waals surface area contributed by atoms with Gasteiger partial charge in [-0.25, -0.2) is 4.79 Å². The number of nitrogens with zero attached hydrogens (tertiary/aromatic N) is 3. The molecule has 2 aromatic rings. The van der Waals surface area contributed by atoms with Crippen molar-refractivity contribution in [3.63, 3.8) is 0 Å². The number of nitrogens with one attached hydrogen (secondary N) is 1. The van der Waals surface area contributed by atoms with E-state index in [4.69, 9.17) is 9.47 Å². The summed E-state index contributed by atoms with van der Waals surface area (Å²) in [4.78, 5) is 47.9. The lowest BCUT2D eigenvalue weighted by molar-refractivity contribution is -0.133. The molecule has 0 radical (unpaired) electrons. The number of hydrogen-bond acceptors (Lipinski definition) is 7. The van der Waals surface area contributed by atoms with Gasteiger partial charge < -0.3 is 19.7 Å². The van der Waals surface area contributed by atoms with Crippen LogP contribution in [0, 0.1) is 5.92 Å². The smallest absolute Gasteiger partial charge is 0.325 e. The van der Waals surface area contributed by atoms with E-state index in [-0.39, 0.29) is 25.5 Å². The summed E-state index contributed by atoms with van der Waals surface area (Å²) in [6.45, 7) is 14.3. The van der Waals surface area contributed by atoms with Crippen LogP contribution in [0.2, 0.25) is 0 Å². The first-order valence-electron chi connectivity index (χ1n) is 13.6. The van der Waals surface area contributed by atoms with Crippen LogP contribution in [0.15, 0.2) is 102 Å². The van der Waals surface area contributed by atoms with Crippen LogP contribution in [0.4, 0.5) is 4.79 Å². The van der Waals surface area contributed by atoms with E-state index in [9.17, 15) is 14.4 Å². The van der Waals surface area contributed by atoms with Crippen molar-refractivity contribution in [3.05, 3.63) is 114 Å². The number of amides is 3.